The van der Waals surface area contributed by atoms with Crippen molar-refractivity contribution in [1.82, 2.24) is 9.99 Å². The molecule has 0 aliphatic carbocycles. The van der Waals surface area contributed by atoms with Crippen LogP contribution in [0.3, 0.4) is 0 Å². The molecular weight excluding hydrogens is 472 g/mol. The normalized spacial score (nSPS) is 11.2. The summed E-state index contributed by atoms with van der Waals surface area (Å²) in [7, 11) is 0. The zero-order valence-electron chi connectivity index (χ0n) is 18.3. The molecule has 172 valence electrons. The molecule has 0 unspecified atom stereocenters. The fourth-order valence-corrected chi connectivity index (χ4v) is 4.43. The highest BCUT2D eigenvalue weighted by Crippen LogP contribution is 2.26. The Morgan fingerprint density at radius 1 is 1.12 bits per heavy atom. The van der Waals surface area contributed by atoms with Crippen LogP contribution in [0, 0.1) is 17.0 Å². The maximum Gasteiger partial charge on any atom is 0.269 e. The van der Waals surface area contributed by atoms with E-state index in [2.05, 4.69) is 15.1 Å². The molecule has 4 rings (SSSR count). The van der Waals surface area contributed by atoms with Gasteiger partial charge < -0.3 is 4.57 Å². The standard InChI is InChI=1S/C25H21ClN4O3S/c1-17-23(14-27-28-25(31)16-34-21-12-8-19(26)9-13-21)22-4-2-3-5-24(22)29(17)15-18-6-10-20(11-7-18)30(32)33/h2-14H,15-16H2,1H3,(H,28,31)/b27-14-. The molecule has 1 amide bonds. The molecule has 0 spiro atoms. The van der Waals surface area contributed by atoms with Crippen LogP contribution in [0.4, 0.5) is 5.69 Å². The van der Waals surface area contributed by atoms with Crippen LogP contribution in [0.2, 0.25) is 5.02 Å². The number of non-ortho nitro benzene ring substituents is 1. The number of nitro groups is 1. The molecule has 4 aromatic rings. The zero-order valence-corrected chi connectivity index (χ0v) is 19.8. The third-order valence-electron chi connectivity index (χ3n) is 5.33. The van der Waals surface area contributed by atoms with E-state index in [1.165, 1.54) is 23.9 Å². The number of aromatic nitrogens is 1. The number of fused-ring (bicyclic) bond motifs is 1. The Morgan fingerprint density at radius 2 is 1.82 bits per heavy atom. The number of amides is 1. The summed E-state index contributed by atoms with van der Waals surface area (Å²) in [4.78, 5) is 23.7. The summed E-state index contributed by atoms with van der Waals surface area (Å²) in [6.45, 7) is 2.55. The number of hydrogen-bond donors (Lipinski definition) is 1. The van der Waals surface area contributed by atoms with Gasteiger partial charge in [0.25, 0.3) is 5.69 Å². The van der Waals surface area contributed by atoms with E-state index in [0.29, 0.717) is 11.6 Å². The number of hydrogen-bond acceptors (Lipinski definition) is 5. The predicted octanol–water partition coefficient (Wildman–Crippen LogP) is 5.80. The zero-order chi connectivity index (χ0) is 24.1. The largest absolute Gasteiger partial charge is 0.340 e. The molecule has 0 saturated carbocycles. The van der Waals surface area contributed by atoms with E-state index in [1.54, 1.807) is 30.5 Å². The van der Waals surface area contributed by atoms with Gasteiger partial charge in [-0.3, -0.25) is 14.9 Å². The molecule has 1 heterocycles. The van der Waals surface area contributed by atoms with E-state index in [-0.39, 0.29) is 17.3 Å². The molecule has 3 aromatic carbocycles. The summed E-state index contributed by atoms with van der Waals surface area (Å²) < 4.78 is 2.13. The summed E-state index contributed by atoms with van der Waals surface area (Å²) in [6, 6.07) is 21.8. The summed E-state index contributed by atoms with van der Waals surface area (Å²) in [5, 5.41) is 16.8. The minimum atomic E-state index is -0.406. The number of carbonyl (C=O) groups excluding carboxylic acids is 1. The number of carbonyl (C=O) groups is 1. The molecule has 0 saturated heterocycles. The third-order valence-corrected chi connectivity index (χ3v) is 6.60. The highest BCUT2D eigenvalue weighted by Gasteiger charge is 2.13. The minimum Gasteiger partial charge on any atom is -0.340 e. The summed E-state index contributed by atoms with van der Waals surface area (Å²) in [5.74, 6) is 0.0309. The number of nitrogens with zero attached hydrogens (tertiary/aromatic N) is 3. The van der Waals surface area contributed by atoms with E-state index in [9.17, 15) is 14.9 Å². The van der Waals surface area contributed by atoms with Gasteiger partial charge in [-0.2, -0.15) is 5.10 Å². The van der Waals surface area contributed by atoms with Crippen LogP contribution in [-0.2, 0) is 11.3 Å². The molecule has 0 fully saturated rings. The second-order valence-electron chi connectivity index (χ2n) is 7.56. The molecule has 1 N–H and O–H groups in total. The number of halogens is 1. The van der Waals surface area contributed by atoms with Crippen LogP contribution in [0.15, 0.2) is 82.8 Å². The third kappa shape index (κ3) is 5.47. The first kappa shape index (κ1) is 23.5. The Bertz CT molecular complexity index is 1370. The van der Waals surface area contributed by atoms with Crippen molar-refractivity contribution in [1.29, 1.82) is 0 Å². The van der Waals surface area contributed by atoms with Gasteiger partial charge in [-0.1, -0.05) is 41.9 Å². The van der Waals surface area contributed by atoms with Gasteiger partial charge in [0, 0.05) is 50.8 Å². The minimum absolute atomic E-state index is 0.0654. The molecular formula is C25H21ClN4O3S. The van der Waals surface area contributed by atoms with Crippen molar-refractivity contribution in [3.05, 3.63) is 105 Å². The maximum atomic E-state index is 12.2. The number of nitrogens with one attached hydrogen (secondary N) is 1. The average molecular weight is 493 g/mol. The molecule has 0 radical (unpaired) electrons. The van der Waals surface area contributed by atoms with Gasteiger partial charge in [-0.15, -0.1) is 11.8 Å². The van der Waals surface area contributed by atoms with Crippen LogP contribution in [0.25, 0.3) is 10.9 Å². The molecule has 7 nitrogen and oxygen atoms in total. The van der Waals surface area contributed by atoms with Gasteiger partial charge in [0.05, 0.1) is 16.9 Å². The lowest BCUT2D eigenvalue weighted by atomic mass is 10.1. The molecule has 0 bridgehead atoms. The Kier molecular flexibility index (Phi) is 7.30. The Morgan fingerprint density at radius 3 is 2.53 bits per heavy atom. The van der Waals surface area contributed by atoms with Gasteiger partial charge in [0.2, 0.25) is 5.91 Å². The summed E-state index contributed by atoms with van der Waals surface area (Å²) in [6.07, 6.45) is 1.66. The van der Waals surface area contributed by atoms with Gasteiger partial charge in [-0.25, -0.2) is 5.43 Å². The molecule has 1 aromatic heterocycles. The number of benzene rings is 3. The van der Waals surface area contributed by atoms with Crippen molar-refractivity contribution in [3.8, 4) is 0 Å². The monoisotopic (exact) mass is 492 g/mol. The number of nitro benzene ring substituents is 1. The summed E-state index contributed by atoms with van der Waals surface area (Å²) >= 11 is 7.29. The number of rotatable bonds is 8. The van der Waals surface area contributed by atoms with Gasteiger partial charge in [-0.05, 0) is 42.8 Å². The van der Waals surface area contributed by atoms with Crippen molar-refractivity contribution in [2.45, 2.75) is 18.4 Å². The first-order valence-corrected chi connectivity index (χ1v) is 11.8. The maximum absolute atomic E-state index is 12.2. The lowest BCUT2D eigenvalue weighted by Crippen LogP contribution is -2.19. The van der Waals surface area contributed by atoms with E-state index in [4.69, 9.17) is 11.6 Å². The van der Waals surface area contributed by atoms with Crippen LogP contribution in [0.5, 0.6) is 0 Å². The number of thioether (sulfide) groups is 1. The SMILES string of the molecule is Cc1c(/C=N\NC(=O)CSc2ccc(Cl)cc2)c2ccccc2n1Cc1ccc([N+](=O)[O-])cc1. The molecule has 0 aliphatic rings. The van der Waals surface area contributed by atoms with Gasteiger partial charge in [0.15, 0.2) is 0 Å². The highest BCUT2D eigenvalue weighted by atomic mass is 35.5. The van der Waals surface area contributed by atoms with Crippen molar-refractivity contribution < 1.29 is 9.72 Å². The fraction of sp³-hybridized carbons (Fsp3) is 0.120. The topological polar surface area (TPSA) is 89.5 Å². The lowest BCUT2D eigenvalue weighted by molar-refractivity contribution is -0.384. The first-order chi connectivity index (χ1) is 16.4. The van der Waals surface area contributed by atoms with E-state index < -0.39 is 4.92 Å². The molecule has 9 heteroatoms. The Labute approximate surface area is 205 Å². The van der Waals surface area contributed by atoms with Crippen LogP contribution in [-0.4, -0.2) is 27.4 Å². The highest BCUT2D eigenvalue weighted by molar-refractivity contribution is 8.00. The fourth-order valence-electron chi connectivity index (χ4n) is 3.61. The van der Waals surface area contributed by atoms with E-state index in [1.807, 2.05) is 43.3 Å². The van der Waals surface area contributed by atoms with Crippen molar-refractivity contribution in [3.63, 3.8) is 0 Å². The van der Waals surface area contributed by atoms with Gasteiger partial charge in [0.1, 0.15) is 0 Å². The number of hydrazone groups is 1. The molecule has 0 aliphatic heterocycles. The van der Waals surface area contributed by atoms with Crippen molar-refractivity contribution in [2.24, 2.45) is 5.10 Å². The molecule has 0 atom stereocenters. The van der Waals surface area contributed by atoms with E-state index in [0.717, 1.165) is 32.6 Å². The average Bonchev–Trinajstić information content (AvgIpc) is 3.10. The summed E-state index contributed by atoms with van der Waals surface area (Å²) in [5.41, 5.74) is 6.51. The van der Waals surface area contributed by atoms with Crippen LogP contribution in [0.1, 0.15) is 16.8 Å². The second kappa shape index (κ2) is 10.5. The Balaban J connectivity index is 1.48. The molecule has 34 heavy (non-hydrogen) atoms. The van der Waals surface area contributed by atoms with Crippen molar-refractivity contribution >= 4 is 52.1 Å². The second-order valence-corrected chi connectivity index (χ2v) is 9.05. The quantitative estimate of drug-likeness (QED) is 0.146. The van der Waals surface area contributed by atoms with Crippen molar-refractivity contribution in [2.75, 3.05) is 5.75 Å². The lowest BCUT2D eigenvalue weighted by Gasteiger charge is -2.08. The predicted molar refractivity (Wildman–Crippen MR) is 137 cm³/mol. The Hall–Kier alpha value is -3.62. The first-order valence-electron chi connectivity index (χ1n) is 10.4. The van der Waals surface area contributed by atoms with Gasteiger partial charge >= 0.3 is 0 Å². The van der Waals surface area contributed by atoms with Crippen LogP contribution >= 0.6 is 23.4 Å². The van der Waals surface area contributed by atoms with Crippen LogP contribution < -0.4 is 5.43 Å². The number of para-hydroxylation sites is 1. The van der Waals surface area contributed by atoms with E-state index >= 15 is 0 Å². The smallest absolute Gasteiger partial charge is 0.269 e.